The molecular weight excluding hydrogens is 268 g/mol. The molecule has 0 fully saturated rings. The maximum Gasteiger partial charge on any atom is 0.246 e. The molecule has 5 nitrogen and oxygen atoms in total. The first-order valence-electron chi connectivity index (χ1n) is 6.82. The van der Waals surface area contributed by atoms with Crippen LogP contribution in [-0.4, -0.2) is 23.7 Å². The molecule has 108 valence electrons. The Morgan fingerprint density at radius 3 is 2.67 bits per heavy atom. The lowest BCUT2D eigenvalue weighted by atomic mass is 10.3. The third kappa shape index (κ3) is 3.31. The van der Waals surface area contributed by atoms with Crippen molar-refractivity contribution in [3.05, 3.63) is 48.5 Å². The second-order valence-corrected chi connectivity index (χ2v) is 4.56. The summed E-state index contributed by atoms with van der Waals surface area (Å²) < 4.78 is 16.3. The quantitative estimate of drug-likeness (QED) is 0.650. The van der Waals surface area contributed by atoms with Crippen LogP contribution < -0.4 is 9.47 Å². The van der Waals surface area contributed by atoms with Crippen LogP contribution in [0, 0.1) is 0 Å². The van der Waals surface area contributed by atoms with E-state index in [2.05, 4.69) is 9.97 Å². The SMILES string of the molecule is COc1ccc(OCCCc2nc3cccnc3o2)cc1. The number of pyridine rings is 1. The van der Waals surface area contributed by atoms with Crippen molar-refractivity contribution in [1.29, 1.82) is 0 Å². The second-order valence-electron chi connectivity index (χ2n) is 4.56. The first-order valence-corrected chi connectivity index (χ1v) is 6.82. The molecule has 0 saturated heterocycles. The number of nitrogens with zero attached hydrogens (tertiary/aromatic N) is 2. The molecule has 3 aromatic rings. The number of methoxy groups -OCH3 is 1. The number of aryl methyl sites for hydroxylation is 1. The molecule has 3 rings (SSSR count). The van der Waals surface area contributed by atoms with Crippen LogP contribution in [0.15, 0.2) is 47.0 Å². The van der Waals surface area contributed by atoms with Gasteiger partial charge in [-0.05, 0) is 42.8 Å². The van der Waals surface area contributed by atoms with E-state index in [-0.39, 0.29) is 0 Å². The molecule has 0 aliphatic heterocycles. The third-order valence-electron chi connectivity index (χ3n) is 3.07. The summed E-state index contributed by atoms with van der Waals surface area (Å²) in [5.74, 6) is 2.35. The van der Waals surface area contributed by atoms with Gasteiger partial charge < -0.3 is 13.9 Å². The fraction of sp³-hybridized carbons (Fsp3) is 0.250. The van der Waals surface area contributed by atoms with E-state index in [1.807, 2.05) is 36.4 Å². The smallest absolute Gasteiger partial charge is 0.246 e. The van der Waals surface area contributed by atoms with Crippen LogP contribution >= 0.6 is 0 Å². The molecule has 0 bridgehead atoms. The largest absolute Gasteiger partial charge is 0.497 e. The number of aromatic nitrogens is 2. The van der Waals surface area contributed by atoms with Crippen molar-refractivity contribution in [2.24, 2.45) is 0 Å². The Morgan fingerprint density at radius 1 is 1.10 bits per heavy atom. The minimum Gasteiger partial charge on any atom is -0.497 e. The van der Waals surface area contributed by atoms with Gasteiger partial charge in [0.25, 0.3) is 0 Å². The van der Waals surface area contributed by atoms with Gasteiger partial charge in [-0.1, -0.05) is 0 Å². The van der Waals surface area contributed by atoms with Gasteiger partial charge in [0.05, 0.1) is 13.7 Å². The molecule has 0 unspecified atom stereocenters. The molecule has 0 saturated carbocycles. The Balaban J connectivity index is 1.49. The van der Waals surface area contributed by atoms with Crippen molar-refractivity contribution in [3.63, 3.8) is 0 Å². The lowest BCUT2D eigenvalue weighted by Gasteiger charge is -2.06. The average Bonchev–Trinajstić information content (AvgIpc) is 2.95. The van der Waals surface area contributed by atoms with E-state index in [4.69, 9.17) is 13.9 Å². The van der Waals surface area contributed by atoms with Crippen molar-refractivity contribution in [1.82, 2.24) is 9.97 Å². The van der Waals surface area contributed by atoms with E-state index < -0.39 is 0 Å². The Labute approximate surface area is 122 Å². The highest BCUT2D eigenvalue weighted by Crippen LogP contribution is 2.17. The van der Waals surface area contributed by atoms with E-state index in [1.54, 1.807) is 13.3 Å². The lowest BCUT2D eigenvalue weighted by Crippen LogP contribution is -1.99. The summed E-state index contributed by atoms with van der Waals surface area (Å²) in [6.45, 7) is 0.610. The predicted octanol–water partition coefficient (Wildman–Crippen LogP) is 3.24. The molecule has 0 atom stereocenters. The lowest BCUT2D eigenvalue weighted by molar-refractivity contribution is 0.305. The summed E-state index contributed by atoms with van der Waals surface area (Å²) in [7, 11) is 1.64. The van der Waals surface area contributed by atoms with Gasteiger partial charge in [0.1, 0.15) is 17.0 Å². The van der Waals surface area contributed by atoms with Gasteiger partial charge in [0, 0.05) is 12.6 Å². The molecule has 2 aromatic heterocycles. The van der Waals surface area contributed by atoms with Gasteiger partial charge in [-0.2, -0.15) is 0 Å². The maximum atomic E-state index is 5.66. The summed E-state index contributed by atoms with van der Waals surface area (Å²) in [5, 5.41) is 0. The molecule has 0 N–H and O–H groups in total. The molecule has 0 spiro atoms. The standard InChI is InChI=1S/C16H16N2O3/c1-19-12-6-8-13(9-7-12)20-11-3-5-15-18-14-4-2-10-17-16(14)21-15/h2,4,6-10H,3,5,11H2,1H3. The topological polar surface area (TPSA) is 57.4 Å². The fourth-order valence-corrected chi connectivity index (χ4v) is 2.01. The Bertz CT molecular complexity index is 674. The number of rotatable bonds is 6. The normalized spacial score (nSPS) is 10.7. The van der Waals surface area contributed by atoms with Gasteiger partial charge in [-0.15, -0.1) is 0 Å². The fourth-order valence-electron chi connectivity index (χ4n) is 2.01. The number of hydrogen-bond acceptors (Lipinski definition) is 5. The highest BCUT2D eigenvalue weighted by Gasteiger charge is 2.05. The van der Waals surface area contributed by atoms with Crippen LogP contribution in [0.3, 0.4) is 0 Å². The van der Waals surface area contributed by atoms with E-state index in [9.17, 15) is 0 Å². The molecule has 1 aromatic carbocycles. The van der Waals surface area contributed by atoms with Crippen LogP contribution in [0.2, 0.25) is 0 Å². The van der Waals surface area contributed by atoms with E-state index in [0.717, 1.165) is 29.9 Å². The molecule has 2 heterocycles. The van der Waals surface area contributed by atoms with E-state index in [0.29, 0.717) is 18.2 Å². The Morgan fingerprint density at radius 2 is 1.90 bits per heavy atom. The molecule has 0 aliphatic carbocycles. The minimum absolute atomic E-state index is 0.587. The number of hydrogen-bond donors (Lipinski definition) is 0. The van der Waals surface area contributed by atoms with Crippen molar-refractivity contribution in [2.45, 2.75) is 12.8 Å². The highest BCUT2D eigenvalue weighted by molar-refractivity contribution is 5.67. The zero-order valence-corrected chi connectivity index (χ0v) is 11.8. The molecule has 21 heavy (non-hydrogen) atoms. The van der Waals surface area contributed by atoms with Crippen molar-refractivity contribution in [2.75, 3.05) is 13.7 Å². The zero-order valence-electron chi connectivity index (χ0n) is 11.8. The molecule has 0 aliphatic rings. The van der Waals surface area contributed by atoms with Gasteiger partial charge in [-0.25, -0.2) is 9.97 Å². The molecule has 0 amide bonds. The van der Waals surface area contributed by atoms with Gasteiger partial charge in [-0.3, -0.25) is 0 Å². The third-order valence-corrected chi connectivity index (χ3v) is 3.07. The zero-order chi connectivity index (χ0) is 14.5. The predicted molar refractivity (Wildman–Crippen MR) is 78.6 cm³/mol. The van der Waals surface area contributed by atoms with Crippen LogP contribution in [-0.2, 0) is 6.42 Å². The Kier molecular flexibility index (Phi) is 4.00. The van der Waals surface area contributed by atoms with Crippen molar-refractivity contribution >= 4 is 11.2 Å². The number of fused-ring (bicyclic) bond motifs is 1. The van der Waals surface area contributed by atoms with Crippen LogP contribution in [0.4, 0.5) is 0 Å². The second kappa shape index (κ2) is 6.26. The summed E-state index contributed by atoms with van der Waals surface area (Å²) >= 11 is 0. The number of oxazole rings is 1. The highest BCUT2D eigenvalue weighted by atomic mass is 16.5. The first kappa shape index (κ1) is 13.4. The monoisotopic (exact) mass is 284 g/mol. The average molecular weight is 284 g/mol. The van der Waals surface area contributed by atoms with Crippen molar-refractivity contribution in [3.8, 4) is 11.5 Å². The van der Waals surface area contributed by atoms with Crippen molar-refractivity contribution < 1.29 is 13.9 Å². The Hall–Kier alpha value is -2.56. The summed E-state index contributed by atoms with van der Waals surface area (Å²) in [6.07, 6.45) is 3.26. The van der Waals surface area contributed by atoms with Crippen LogP contribution in [0.1, 0.15) is 12.3 Å². The minimum atomic E-state index is 0.587. The molecular formula is C16H16N2O3. The number of ether oxygens (including phenoxy) is 2. The maximum absolute atomic E-state index is 5.66. The number of benzene rings is 1. The summed E-state index contributed by atoms with van der Waals surface area (Å²) in [6, 6.07) is 11.3. The molecule has 0 radical (unpaired) electrons. The van der Waals surface area contributed by atoms with E-state index in [1.165, 1.54) is 0 Å². The van der Waals surface area contributed by atoms with Gasteiger partial charge >= 0.3 is 0 Å². The summed E-state index contributed by atoms with van der Waals surface area (Å²) in [4.78, 5) is 8.50. The first-order chi connectivity index (χ1) is 10.3. The van der Waals surface area contributed by atoms with Gasteiger partial charge in [0.15, 0.2) is 5.89 Å². The van der Waals surface area contributed by atoms with Gasteiger partial charge in [0.2, 0.25) is 5.71 Å². The summed E-state index contributed by atoms with van der Waals surface area (Å²) in [5.41, 5.74) is 1.38. The van der Waals surface area contributed by atoms with Crippen LogP contribution in [0.25, 0.3) is 11.2 Å². The van der Waals surface area contributed by atoms with Crippen LogP contribution in [0.5, 0.6) is 11.5 Å². The molecule has 5 heteroatoms. The van der Waals surface area contributed by atoms with E-state index >= 15 is 0 Å².